The van der Waals surface area contributed by atoms with Crippen LogP contribution in [0.1, 0.15) is 13.8 Å². The van der Waals surface area contributed by atoms with Crippen LogP contribution in [-0.2, 0) is 9.53 Å². The van der Waals surface area contributed by atoms with E-state index in [0.717, 1.165) is 11.8 Å². The van der Waals surface area contributed by atoms with Crippen LogP contribution in [0, 0.1) is 10.1 Å². The lowest BCUT2D eigenvalue weighted by atomic mass is 10.3. The fourth-order valence-electron chi connectivity index (χ4n) is 2.06. The van der Waals surface area contributed by atoms with Crippen molar-refractivity contribution in [2.24, 2.45) is 0 Å². The second kappa shape index (κ2) is 6.75. The second-order valence-corrected chi connectivity index (χ2v) is 4.35. The van der Waals surface area contributed by atoms with Crippen molar-refractivity contribution in [1.82, 2.24) is 0 Å². The molecule has 1 aliphatic heterocycles. The molecule has 0 fully saturated rings. The van der Waals surface area contributed by atoms with E-state index in [-0.39, 0.29) is 6.61 Å². The van der Waals surface area contributed by atoms with Gasteiger partial charge in [0.25, 0.3) is 0 Å². The number of ether oxygens (including phenoxy) is 2. The Bertz CT molecular complexity index is 651. The molecule has 1 heterocycles. The summed E-state index contributed by atoms with van der Waals surface area (Å²) >= 11 is 0. The Morgan fingerprint density at radius 2 is 2.14 bits per heavy atom. The number of carbonyl (C=O) groups is 1. The first-order valence-electron chi connectivity index (χ1n) is 6.86. The zero-order valence-corrected chi connectivity index (χ0v) is 12.3. The summed E-state index contributed by atoms with van der Waals surface area (Å²) in [5.74, 6) is 0.123. The molecule has 7 nitrogen and oxygen atoms in total. The maximum Gasteiger partial charge on any atom is 0.409 e. The van der Waals surface area contributed by atoms with Gasteiger partial charge in [0.1, 0.15) is 0 Å². The molecule has 0 amide bonds. The Morgan fingerprint density at radius 3 is 2.77 bits per heavy atom. The highest BCUT2D eigenvalue weighted by Gasteiger charge is 2.26. The maximum atomic E-state index is 11.5. The summed E-state index contributed by atoms with van der Waals surface area (Å²) in [6, 6.07) is 7.42. The molecule has 0 unspecified atom stereocenters. The van der Waals surface area contributed by atoms with Crippen molar-refractivity contribution in [3.05, 3.63) is 58.1 Å². The monoisotopic (exact) mass is 304 g/mol. The molecule has 0 aromatic heterocycles. The average molecular weight is 304 g/mol. The molecule has 7 heteroatoms. The number of nitro groups is 1. The van der Waals surface area contributed by atoms with Gasteiger partial charge in [-0.3, -0.25) is 10.1 Å². The van der Waals surface area contributed by atoms with Crippen LogP contribution in [0.4, 0.5) is 5.69 Å². The normalized spacial score (nSPS) is 15.5. The van der Waals surface area contributed by atoms with Crippen LogP contribution in [0.25, 0.3) is 0 Å². The Balaban J connectivity index is 2.31. The number of rotatable bonds is 5. The van der Waals surface area contributed by atoms with Crippen molar-refractivity contribution in [1.29, 1.82) is 0 Å². The number of carbonyl (C=O) groups excluding carboxylic acids is 1. The van der Waals surface area contributed by atoms with Gasteiger partial charge in [0.05, 0.1) is 17.2 Å². The van der Waals surface area contributed by atoms with Crippen molar-refractivity contribution in [3.63, 3.8) is 0 Å². The van der Waals surface area contributed by atoms with E-state index < -0.39 is 16.6 Å². The first kappa shape index (κ1) is 15.6. The van der Waals surface area contributed by atoms with E-state index in [0.29, 0.717) is 18.2 Å². The Morgan fingerprint density at radius 1 is 1.41 bits per heavy atom. The highest BCUT2D eigenvalue weighted by Crippen LogP contribution is 2.38. The Hall–Kier alpha value is -2.83. The van der Waals surface area contributed by atoms with E-state index in [1.165, 1.54) is 6.08 Å². The van der Waals surface area contributed by atoms with E-state index in [9.17, 15) is 14.9 Å². The number of benzene rings is 1. The van der Waals surface area contributed by atoms with Gasteiger partial charge in [-0.05, 0) is 26.0 Å². The van der Waals surface area contributed by atoms with Crippen LogP contribution in [-0.4, -0.2) is 24.0 Å². The highest BCUT2D eigenvalue weighted by atomic mass is 16.6. The van der Waals surface area contributed by atoms with Crippen LogP contribution < -0.4 is 9.64 Å². The van der Waals surface area contributed by atoms with Crippen molar-refractivity contribution in [2.45, 2.75) is 13.8 Å². The quantitative estimate of drug-likeness (QED) is 0.360. The smallest absolute Gasteiger partial charge is 0.409 e. The van der Waals surface area contributed by atoms with E-state index in [2.05, 4.69) is 4.74 Å². The van der Waals surface area contributed by atoms with E-state index >= 15 is 0 Å². The van der Waals surface area contributed by atoms with Crippen molar-refractivity contribution >= 4 is 11.7 Å². The molecule has 1 aliphatic rings. The molecule has 1 aromatic rings. The molecule has 116 valence electrons. The summed E-state index contributed by atoms with van der Waals surface area (Å²) in [6.07, 6.45) is 2.50. The third kappa shape index (κ3) is 3.08. The van der Waals surface area contributed by atoms with Crippen molar-refractivity contribution in [3.8, 4) is 5.75 Å². The molecule has 0 atom stereocenters. The number of allylic oxidation sites excluding steroid dienone is 2. The zero-order valence-electron chi connectivity index (χ0n) is 12.3. The summed E-state index contributed by atoms with van der Waals surface area (Å²) in [5.41, 5.74) is 0.244. The molecule has 0 radical (unpaired) electrons. The largest absolute Gasteiger partial charge is 0.458 e. The molecule has 1 aromatic carbocycles. The standard InChI is InChI=1S/C15H16N2O5/c1-3-16-11-7-5-6-8-13(11)22-14(16)10-9-12(17(19)20)15(18)21-4-2/h5-10H,3-4H2,1-2H3. The number of nitrogens with zero attached hydrogens (tertiary/aromatic N) is 2. The third-order valence-electron chi connectivity index (χ3n) is 3.02. The first-order valence-corrected chi connectivity index (χ1v) is 6.86. The lowest BCUT2D eigenvalue weighted by Gasteiger charge is -2.14. The second-order valence-electron chi connectivity index (χ2n) is 4.35. The minimum absolute atomic E-state index is 0.0730. The van der Waals surface area contributed by atoms with Gasteiger partial charge in [-0.2, -0.15) is 0 Å². The number of para-hydroxylation sites is 2. The highest BCUT2D eigenvalue weighted by molar-refractivity contribution is 5.86. The van der Waals surface area contributed by atoms with Gasteiger partial charge in [0, 0.05) is 18.7 Å². The summed E-state index contributed by atoms with van der Waals surface area (Å²) in [5, 5.41) is 10.9. The fourth-order valence-corrected chi connectivity index (χ4v) is 2.06. The first-order chi connectivity index (χ1) is 10.6. The van der Waals surface area contributed by atoms with Crippen molar-refractivity contribution < 1.29 is 19.2 Å². The van der Waals surface area contributed by atoms with Gasteiger partial charge in [0.2, 0.25) is 5.88 Å². The summed E-state index contributed by atoms with van der Waals surface area (Å²) in [7, 11) is 0. The fraction of sp³-hybridized carbons (Fsp3) is 0.267. The number of anilines is 1. The average Bonchev–Trinajstić information content (AvgIpc) is 2.84. The van der Waals surface area contributed by atoms with Gasteiger partial charge in [-0.25, -0.2) is 4.79 Å². The number of hydrogen-bond donors (Lipinski definition) is 0. The summed E-state index contributed by atoms with van der Waals surface area (Å²) in [6.45, 7) is 4.22. The van der Waals surface area contributed by atoms with Crippen LogP contribution in [0.5, 0.6) is 5.75 Å². The number of fused-ring (bicyclic) bond motifs is 1. The molecule has 22 heavy (non-hydrogen) atoms. The molecule has 0 N–H and O–H groups in total. The van der Waals surface area contributed by atoms with Crippen LogP contribution >= 0.6 is 0 Å². The van der Waals surface area contributed by atoms with E-state index in [4.69, 9.17) is 4.74 Å². The minimum Gasteiger partial charge on any atom is -0.458 e. The van der Waals surface area contributed by atoms with Gasteiger partial charge in [-0.15, -0.1) is 0 Å². The van der Waals surface area contributed by atoms with E-state index in [1.807, 2.05) is 36.1 Å². The molecular weight excluding hydrogens is 288 g/mol. The van der Waals surface area contributed by atoms with Gasteiger partial charge >= 0.3 is 11.7 Å². The summed E-state index contributed by atoms with van der Waals surface area (Å²) in [4.78, 5) is 23.6. The zero-order chi connectivity index (χ0) is 16.1. The van der Waals surface area contributed by atoms with Crippen LogP contribution in [0.15, 0.2) is 48.0 Å². The lowest BCUT2D eigenvalue weighted by molar-refractivity contribution is -0.421. The van der Waals surface area contributed by atoms with Crippen LogP contribution in [0.2, 0.25) is 0 Å². The topological polar surface area (TPSA) is 81.9 Å². The predicted octanol–water partition coefficient (Wildman–Crippen LogP) is 2.47. The molecule has 0 aliphatic carbocycles. The van der Waals surface area contributed by atoms with E-state index in [1.54, 1.807) is 6.92 Å². The van der Waals surface area contributed by atoms with Gasteiger partial charge < -0.3 is 14.4 Å². The van der Waals surface area contributed by atoms with Crippen LogP contribution in [0.3, 0.4) is 0 Å². The SMILES string of the molecule is CCOC(=O)C(=CC=C1Oc2ccccc2N1CC)[N+](=O)[O-]. The third-order valence-corrected chi connectivity index (χ3v) is 3.02. The maximum absolute atomic E-state index is 11.5. The minimum atomic E-state index is -0.970. The van der Waals surface area contributed by atoms with Gasteiger partial charge in [-0.1, -0.05) is 12.1 Å². The predicted molar refractivity (Wildman–Crippen MR) is 79.9 cm³/mol. The Labute approximate surface area is 127 Å². The molecule has 0 saturated carbocycles. The lowest BCUT2D eigenvalue weighted by Crippen LogP contribution is -2.19. The molecule has 0 saturated heterocycles. The Kier molecular flexibility index (Phi) is 4.77. The molecule has 2 rings (SSSR count). The molecule has 0 spiro atoms. The van der Waals surface area contributed by atoms with Gasteiger partial charge in [0.15, 0.2) is 5.75 Å². The molecule has 0 bridgehead atoms. The molecular formula is C15H16N2O5. The number of esters is 1. The summed E-state index contributed by atoms with van der Waals surface area (Å²) < 4.78 is 10.3. The van der Waals surface area contributed by atoms with Crippen molar-refractivity contribution in [2.75, 3.05) is 18.1 Å². The number of hydrogen-bond acceptors (Lipinski definition) is 6.